The summed E-state index contributed by atoms with van der Waals surface area (Å²) >= 11 is 0. The van der Waals surface area contributed by atoms with E-state index in [2.05, 4.69) is 8.83 Å². The van der Waals surface area contributed by atoms with E-state index >= 15 is 0 Å². The van der Waals surface area contributed by atoms with Crippen LogP contribution in [0.25, 0.3) is 0 Å². The van der Waals surface area contributed by atoms with Gasteiger partial charge in [0.05, 0.1) is 0 Å². The molecule has 0 heterocycles. The SMILES string of the molecule is CC(C)CCC[C@](C)(OP(=O)(O)OP(=O)(O)O)C(C)F. The lowest BCUT2D eigenvalue weighted by Gasteiger charge is -2.32. The summed E-state index contributed by atoms with van der Waals surface area (Å²) in [5, 5.41) is 0. The van der Waals surface area contributed by atoms with Crippen LogP contribution in [0, 0.1) is 5.92 Å². The molecular formula is C10H23FO7P2. The zero-order chi connectivity index (χ0) is 16.2. The van der Waals surface area contributed by atoms with Gasteiger partial charge in [0.2, 0.25) is 0 Å². The Kier molecular flexibility index (Phi) is 7.52. The largest absolute Gasteiger partial charge is 0.481 e. The summed E-state index contributed by atoms with van der Waals surface area (Å²) in [5.74, 6) is 0.376. The maximum Gasteiger partial charge on any atom is 0.481 e. The fourth-order valence-corrected chi connectivity index (χ4v) is 3.57. The third kappa shape index (κ3) is 8.47. The van der Waals surface area contributed by atoms with Crippen LogP contribution in [0.4, 0.5) is 4.39 Å². The topological polar surface area (TPSA) is 113 Å². The molecule has 0 fully saturated rings. The molecule has 0 bridgehead atoms. The molecule has 0 aliphatic heterocycles. The first-order valence-corrected chi connectivity index (χ1v) is 9.24. The van der Waals surface area contributed by atoms with Crippen LogP contribution in [-0.2, 0) is 18.0 Å². The van der Waals surface area contributed by atoms with Gasteiger partial charge in [-0.2, -0.15) is 4.31 Å². The summed E-state index contributed by atoms with van der Waals surface area (Å²) in [4.78, 5) is 26.3. The Labute approximate surface area is 118 Å². The van der Waals surface area contributed by atoms with Gasteiger partial charge in [0.25, 0.3) is 0 Å². The predicted molar refractivity (Wildman–Crippen MR) is 71.7 cm³/mol. The highest BCUT2D eigenvalue weighted by atomic mass is 31.3. The lowest BCUT2D eigenvalue weighted by atomic mass is 9.92. The summed E-state index contributed by atoms with van der Waals surface area (Å²) in [5.41, 5.74) is -1.66. The third-order valence-electron chi connectivity index (χ3n) is 2.83. The minimum absolute atomic E-state index is 0.123. The summed E-state index contributed by atoms with van der Waals surface area (Å²) < 4.78 is 44.1. The molecule has 20 heavy (non-hydrogen) atoms. The number of phosphoric ester groups is 1. The number of phosphoric acid groups is 2. The molecule has 0 rings (SSSR count). The van der Waals surface area contributed by atoms with Gasteiger partial charge < -0.3 is 14.7 Å². The first kappa shape index (κ1) is 20.2. The van der Waals surface area contributed by atoms with E-state index in [4.69, 9.17) is 9.79 Å². The summed E-state index contributed by atoms with van der Waals surface area (Å²) in [6, 6.07) is 0. The molecule has 0 aliphatic rings. The lowest BCUT2D eigenvalue weighted by molar-refractivity contribution is -0.0189. The van der Waals surface area contributed by atoms with E-state index in [-0.39, 0.29) is 6.42 Å². The number of alkyl halides is 1. The van der Waals surface area contributed by atoms with Crippen molar-refractivity contribution in [1.82, 2.24) is 0 Å². The normalized spacial score (nSPS) is 20.4. The number of hydrogen-bond acceptors (Lipinski definition) is 4. The van der Waals surface area contributed by atoms with Crippen molar-refractivity contribution >= 4 is 15.6 Å². The fraction of sp³-hybridized carbons (Fsp3) is 1.00. The van der Waals surface area contributed by atoms with Crippen molar-refractivity contribution < 1.29 is 37.0 Å². The maximum atomic E-state index is 13.6. The highest BCUT2D eigenvalue weighted by Gasteiger charge is 2.43. The molecular weight excluding hydrogens is 313 g/mol. The third-order valence-corrected chi connectivity index (χ3v) is 5.15. The Hall–Kier alpha value is 0.190. The minimum atomic E-state index is -5.21. The highest BCUT2D eigenvalue weighted by molar-refractivity contribution is 7.60. The molecule has 3 N–H and O–H groups in total. The average Bonchev–Trinajstić information content (AvgIpc) is 2.10. The van der Waals surface area contributed by atoms with E-state index < -0.39 is 27.4 Å². The molecule has 0 aromatic heterocycles. The molecule has 0 radical (unpaired) electrons. The molecule has 0 aromatic rings. The van der Waals surface area contributed by atoms with Gasteiger partial charge in [-0.15, -0.1) is 0 Å². The number of hydrogen-bond donors (Lipinski definition) is 3. The molecule has 2 unspecified atom stereocenters. The molecule has 10 heteroatoms. The van der Waals surface area contributed by atoms with E-state index in [0.717, 1.165) is 13.3 Å². The van der Waals surface area contributed by atoms with Gasteiger partial charge in [0.1, 0.15) is 11.8 Å². The molecule has 0 spiro atoms. The average molecular weight is 336 g/mol. The second kappa shape index (κ2) is 7.45. The van der Waals surface area contributed by atoms with Crippen LogP contribution in [-0.4, -0.2) is 26.5 Å². The van der Waals surface area contributed by atoms with Gasteiger partial charge in [-0.1, -0.05) is 26.7 Å². The first-order chi connectivity index (χ1) is 8.77. The van der Waals surface area contributed by atoms with Gasteiger partial charge in [-0.25, -0.2) is 13.5 Å². The Bertz CT molecular complexity index is 395. The molecule has 3 atom stereocenters. The van der Waals surface area contributed by atoms with Crippen molar-refractivity contribution in [3.05, 3.63) is 0 Å². The maximum absolute atomic E-state index is 13.6. The van der Waals surface area contributed by atoms with Gasteiger partial charge in [-0.3, -0.25) is 4.52 Å². The van der Waals surface area contributed by atoms with E-state index in [9.17, 15) is 18.4 Å². The molecule has 7 nitrogen and oxygen atoms in total. The Morgan fingerprint density at radius 3 is 2.05 bits per heavy atom. The second-order valence-electron chi connectivity index (χ2n) is 5.35. The van der Waals surface area contributed by atoms with Crippen LogP contribution in [0.1, 0.15) is 47.0 Å². The van der Waals surface area contributed by atoms with Gasteiger partial charge >= 0.3 is 15.6 Å². The molecule has 122 valence electrons. The van der Waals surface area contributed by atoms with E-state index in [1.165, 1.54) is 6.92 Å². The predicted octanol–water partition coefficient (Wildman–Crippen LogP) is 3.16. The van der Waals surface area contributed by atoms with Crippen LogP contribution < -0.4 is 0 Å². The summed E-state index contributed by atoms with van der Waals surface area (Å²) in [7, 11) is -10.3. The minimum Gasteiger partial charge on any atom is -0.302 e. The van der Waals surface area contributed by atoms with Crippen LogP contribution >= 0.6 is 15.6 Å². The van der Waals surface area contributed by atoms with Crippen LogP contribution in [0.2, 0.25) is 0 Å². The first-order valence-electron chi connectivity index (χ1n) is 6.22. The Morgan fingerprint density at radius 2 is 1.70 bits per heavy atom. The van der Waals surface area contributed by atoms with E-state index in [1.807, 2.05) is 13.8 Å². The van der Waals surface area contributed by atoms with Gasteiger partial charge in [-0.05, 0) is 26.2 Å². The molecule has 0 aromatic carbocycles. The zero-order valence-electron chi connectivity index (χ0n) is 12.0. The van der Waals surface area contributed by atoms with E-state index in [1.54, 1.807) is 0 Å². The summed E-state index contributed by atoms with van der Waals surface area (Å²) in [6.07, 6.45) is -0.188. The van der Waals surface area contributed by atoms with Gasteiger partial charge in [0, 0.05) is 0 Å². The second-order valence-corrected chi connectivity index (χ2v) is 8.10. The van der Waals surface area contributed by atoms with Crippen LogP contribution in [0.5, 0.6) is 0 Å². The number of halogens is 1. The van der Waals surface area contributed by atoms with Crippen molar-refractivity contribution in [3.63, 3.8) is 0 Å². The Balaban J connectivity index is 4.83. The molecule has 0 aliphatic carbocycles. The fourth-order valence-electron chi connectivity index (χ4n) is 1.59. The van der Waals surface area contributed by atoms with E-state index in [0.29, 0.717) is 12.3 Å². The lowest BCUT2D eigenvalue weighted by Crippen LogP contribution is -2.37. The Morgan fingerprint density at radius 1 is 1.20 bits per heavy atom. The van der Waals surface area contributed by atoms with Crippen molar-refractivity contribution in [3.8, 4) is 0 Å². The van der Waals surface area contributed by atoms with Crippen LogP contribution in [0.3, 0.4) is 0 Å². The van der Waals surface area contributed by atoms with Crippen molar-refractivity contribution in [1.29, 1.82) is 0 Å². The van der Waals surface area contributed by atoms with Crippen molar-refractivity contribution in [2.75, 3.05) is 0 Å². The molecule has 0 amide bonds. The van der Waals surface area contributed by atoms with Gasteiger partial charge in [0.15, 0.2) is 0 Å². The highest BCUT2D eigenvalue weighted by Crippen LogP contribution is 2.60. The smallest absolute Gasteiger partial charge is 0.302 e. The van der Waals surface area contributed by atoms with Crippen LogP contribution in [0.15, 0.2) is 0 Å². The summed E-state index contributed by atoms with van der Waals surface area (Å²) in [6.45, 7) is 6.37. The standard InChI is InChI=1S/C10H23FO7P2/c1-8(2)6-5-7-10(4,9(3)11)17-20(15,16)18-19(12,13)14/h8-9H,5-7H2,1-4H3,(H,15,16)(H2,12,13,14)/t9?,10-/m0/s1. The van der Waals surface area contributed by atoms with Crippen molar-refractivity contribution in [2.24, 2.45) is 5.92 Å². The number of rotatable bonds is 9. The monoisotopic (exact) mass is 336 g/mol. The molecule has 0 saturated carbocycles. The zero-order valence-corrected chi connectivity index (χ0v) is 13.8. The molecule has 0 saturated heterocycles. The quantitative estimate of drug-likeness (QED) is 0.554. The van der Waals surface area contributed by atoms with Crippen molar-refractivity contribution in [2.45, 2.75) is 58.7 Å².